The first kappa shape index (κ1) is 18.4. The standard InChI is InChI=1S/C18H29N7O/c1-5-23(6-2)17(26)13-8-7-9-24(10-13)18-21-15(19)14-16(22-18)25(11-20-14)12(3)4/h11-13H,5-10H2,1-4H3,(H2,19,21,22). The van der Waals surface area contributed by atoms with Crippen LogP contribution in [0.5, 0.6) is 0 Å². The van der Waals surface area contributed by atoms with Crippen LogP contribution in [0, 0.1) is 5.92 Å². The minimum atomic E-state index is -0.0146. The van der Waals surface area contributed by atoms with Gasteiger partial charge in [-0.05, 0) is 40.5 Å². The molecule has 8 nitrogen and oxygen atoms in total. The van der Waals surface area contributed by atoms with Crippen molar-refractivity contribution in [3.05, 3.63) is 6.33 Å². The number of aromatic nitrogens is 4. The van der Waals surface area contributed by atoms with Crippen LogP contribution in [0.1, 0.15) is 46.6 Å². The van der Waals surface area contributed by atoms with E-state index in [-0.39, 0.29) is 17.9 Å². The summed E-state index contributed by atoms with van der Waals surface area (Å²) < 4.78 is 2.00. The predicted octanol–water partition coefficient (Wildman–Crippen LogP) is 2.07. The number of piperidine rings is 1. The second kappa shape index (κ2) is 7.47. The number of hydrogen-bond donors (Lipinski definition) is 1. The number of nitrogen functional groups attached to an aromatic ring is 1. The van der Waals surface area contributed by atoms with Crippen LogP contribution in [0.25, 0.3) is 11.2 Å². The van der Waals surface area contributed by atoms with E-state index in [4.69, 9.17) is 10.7 Å². The molecule has 0 spiro atoms. The first-order valence-electron chi connectivity index (χ1n) is 9.50. The van der Waals surface area contributed by atoms with Gasteiger partial charge in [0.05, 0.1) is 12.2 Å². The molecule has 0 bridgehead atoms. The Morgan fingerprint density at radius 1 is 1.35 bits per heavy atom. The Hall–Kier alpha value is -2.38. The first-order chi connectivity index (χ1) is 12.5. The fourth-order valence-corrected chi connectivity index (χ4v) is 3.60. The van der Waals surface area contributed by atoms with Gasteiger partial charge >= 0.3 is 0 Å². The van der Waals surface area contributed by atoms with Crippen LogP contribution in [-0.2, 0) is 4.79 Å². The van der Waals surface area contributed by atoms with Gasteiger partial charge in [-0.3, -0.25) is 4.79 Å². The normalized spacial score (nSPS) is 17.9. The monoisotopic (exact) mass is 359 g/mol. The maximum absolute atomic E-state index is 12.7. The van der Waals surface area contributed by atoms with Gasteiger partial charge in [-0.1, -0.05) is 0 Å². The van der Waals surface area contributed by atoms with Gasteiger partial charge in [-0.15, -0.1) is 0 Å². The van der Waals surface area contributed by atoms with Crippen LogP contribution in [0.4, 0.5) is 11.8 Å². The topological polar surface area (TPSA) is 93.2 Å². The molecular weight excluding hydrogens is 330 g/mol. The Balaban J connectivity index is 1.88. The molecule has 1 aliphatic heterocycles. The Morgan fingerprint density at radius 2 is 2.08 bits per heavy atom. The highest BCUT2D eigenvalue weighted by Gasteiger charge is 2.30. The van der Waals surface area contributed by atoms with E-state index in [1.165, 1.54) is 0 Å². The van der Waals surface area contributed by atoms with Gasteiger partial charge in [-0.25, -0.2) is 4.98 Å². The van der Waals surface area contributed by atoms with Crippen molar-refractivity contribution in [3.8, 4) is 0 Å². The van der Waals surface area contributed by atoms with Crippen molar-refractivity contribution >= 4 is 28.8 Å². The summed E-state index contributed by atoms with van der Waals surface area (Å²) in [5, 5.41) is 0. The maximum Gasteiger partial charge on any atom is 0.229 e. The molecule has 26 heavy (non-hydrogen) atoms. The van der Waals surface area contributed by atoms with Gasteiger partial charge in [0, 0.05) is 32.2 Å². The SMILES string of the molecule is CCN(CC)C(=O)C1CCCN(c2nc(N)c3ncn(C(C)C)c3n2)C1. The Morgan fingerprint density at radius 3 is 2.73 bits per heavy atom. The van der Waals surface area contributed by atoms with Crippen LogP contribution in [0.15, 0.2) is 6.33 Å². The molecule has 2 aromatic heterocycles. The van der Waals surface area contributed by atoms with Crippen LogP contribution >= 0.6 is 0 Å². The molecule has 0 aliphatic carbocycles. The smallest absolute Gasteiger partial charge is 0.229 e. The molecule has 0 aromatic carbocycles. The molecule has 0 saturated carbocycles. The summed E-state index contributed by atoms with van der Waals surface area (Å²) in [4.78, 5) is 30.3. The summed E-state index contributed by atoms with van der Waals surface area (Å²) in [5.74, 6) is 1.19. The van der Waals surface area contributed by atoms with Gasteiger partial charge < -0.3 is 20.1 Å². The van der Waals surface area contributed by atoms with E-state index in [2.05, 4.69) is 28.7 Å². The zero-order valence-corrected chi connectivity index (χ0v) is 16.1. The minimum absolute atomic E-state index is 0.0146. The van der Waals surface area contributed by atoms with Gasteiger partial charge in [0.25, 0.3) is 0 Å². The lowest BCUT2D eigenvalue weighted by atomic mass is 9.96. The first-order valence-corrected chi connectivity index (χ1v) is 9.50. The van der Waals surface area contributed by atoms with Crippen LogP contribution in [0.3, 0.4) is 0 Å². The molecule has 1 aliphatic rings. The van der Waals surface area contributed by atoms with E-state index in [1.807, 2.05) is 23.3 Å². The van der Waals surface area contributed by atoms with Crippen molar-refractivity contribution in [3.63, 3.8) is 0 Å². The molecule has 3 heterocycles. The van der Waals surface area contributed by atoms with Crippen molar-refractivity contribution in [2.24, 2.45) is 5.92 Å². The molecule has 0 radical (unpaired) electrons. The number of nitrogens with zero attached hydrogens (tertiary/aromatic N) is 6. The number of carbonyl (C=O) groups excluding carboxylic acids is 1. The summed E-state index contributed by atoms with van der Waals surface area (Å²) in [7, 11) is 0. The molecule has 3 rings (SSSR count). The van der Waals surface area contributed by atoms with Crippen molar-refractivity contribution in [2.45, 2.75) is 46.6 Å². The zero-order valence-electron chi connectivity index (χ0n) is 16.1. The largest absolute Gasteiger partial charge is 0.382 e. The lowest BCUT2D eigenvalue weighted by molar-refractivity contribution is -0.135. The van der Waals surface area contributed by atoms with E-state index in [0.29, 0.717) is 23.8 Å². The number of rotatable bonds is 5. The van der Waals surface area contributed by atoms with Crippen LogP contribution < -0.4 is 10.6 Å². The summed E-state index contributed by atoms with van der Waals surface area (Å²) in [6.45, 7) is 11.2. The van der Waals surface area contributed by atoms with Crippen molar-refractivity contribution in [1.82, 2.24) is 24.4 Å². The van der Waals surface area contributed by atoms with E-state index in [1.54, 1.807) is 6.33 Å². The fraction of sp³-hybridized carbons (Fsp3) is 0.667. The molecule has 1 atom stereocenters. The average molecular weight is 359 g/mol. The highest BCUT2D eigenvalue weighted by molar-refractivity contribution is 5.83. The molecule has 1 fully saturated rings. The summed E-state index contributed by atoms with van der Waals surface area (Å²) >= 11 is 0. The second-order valence-corrected chi connectivity index (χ2v) is 7.12. The van der Waals surface area contributed by atoms with Crippen LogP contribution in [0.2, 0.25) is 0 Å². The maximum atomic E-state index is 12.7. The number of carbonyl (C=O) groups is 1. The highest BCUT2D eigenvalue weighted by Crippen LogP contribution is 2.26. The summed E-state index contributed by atoms with van der Waals surface area (Å²) in [6.07, 6.45) is 3.61. The molecule has 8 heteroatoms. The molecular formula is C18H29N7O. The molecule has 1 saturated heterocycles. The Labute approximate surface area is 154 Å². The lowest BCUT2D eigenvalue weighted by Crippen LogP contribution is -2.45. The fourth-order valence-electron chi connectivity index (χ4n) is 3.60. The number of anilines is 2. The summed E-state index contributed by atoms with van der Waals surface area (Å²) in [6, 6.07) is 0.237. The number of hydrogen-bond acceptors (Lipinski definition) is 6. The minimum Gasteiger partial charge on any atom is -0.382 e. The van der Waals surface area contributed by atoms with Gasteiger partial charge in [0.1, 0.15) is 5.52 Å². The predicted molar refractivity (Wildman–Crippen MR) is 103 cm³/mol. The molecule has 1 unspecified atom stereocenters. The third-order valence-electron chi connectivity index (χ3n) is 5.12. The average Bonchev–Trinajstić information content (AvgIpc) is 3.07. The van der Waals surface area contributed by atoms with Crippen molar-refractivity contribution in [1.29, 1.82) is 0 Å². The van der Waals surface area contributed by atoms with Gasteiger partial charge in [-0.2, -0.15) is 9.97 Å². The Bertz CT molecular complexity index is 781. The van der Waals surface area contributed by atoms with Crippen molar-refractivity contribution < 1.29 is 4.79 Å². The van der Waals surface area contributed by atoms with Crippen molar-refractivity contribution in [2.75, 3.05) is 36.8 Å². The summed E-state index contributed by atoms with van der Waals surface area (Å²) in [5.41, 5.74) is 7.52. The number of fused-ring (bicyclic) bond motifs is 1. The third-order valence-corrected chi connectivity index (χ3v) is 5.12. The van der Waals surface area contributed by atoms with E-state index >= 15 is 0 Å². The van der Waals surface area contributed by atoms with E-state index < -0.39 is 0 Å². The lowest BCUT2D eigenvalue weighted by Gasteiger charge is -2.34. The molecule has 1 amide bonds. The second-order valence-electron chi connectivity index (χ2n) is 7.12. The quantitative estimate of drug-likeness (QED) is 0.878. The zero-order chi connectivity index (χ0) is 18.8. The highest BCUT2D eigenvalue weighted by atomic mass is 16.2. The van der Waals surface area contributed by atoms with Gasteiger partial charge in [0.15, 0.2) is 11.5 Å². The van der Waals surface area contributed by atoms with E-state index in [9.17, 15) is 4.79 Å². The Kier molecular flexibility index (Phi) is 5.29. The third kappa shape index (κ3) is 3.32. The molecule has 2 N–H and O–H groups in total. The number of amides is 1. The number of imidazole rings is 1. The van der Waals surface area contributed by atoms with Crippen LogP contribution in [-0.4, -0.2) is 56.5 Å². The number of nitrogens with two attached hydrogens (primary N) is 1. The molecule has 2 aromatic rings. The van der Waals surface area contributed by atoms with Gasteiger partial charge in [0.2, 0.25) is 11.9 Å². The van der Waals surface area contributed by atoms with E-state index in [0.717, 1.165) is 38.1 Å². The molecule has 142 valence electrons.